The number of rotatable bonds is 1. The van der Waals surface area contributed by atoms with Crippen molar-refractivity contribution in [1.29, 1.82) is 0 Å². The molecule has 72 valence electrons. The highest BCUT2D eigenvalue weighted by Crippen LogP contribution is 2.29. The van der Waals surface area contributed by atoms with Gasteiger partial charge in [-0.15, -0.1) is 0 Å². The molecule has 0 aromatic carbocycles. The average Bonchev–Trinajstić information content (AvgIpc) is 2.48. The van der Waals surface area contributed by atoms with Gasteiger partial charge < -0.3 is 5.11 Å². The van der Waals surface area contributed by atoms with Crippen molar-refractivity contribution in [2.24, 2.45) is 0 Å². The zero-order valence-corrected chi connectivity index (χ0v) is 7.95. The Kier molecular flexibility index (Phi) is 2.08. The first-order chi connectivity index (χ1) is 6.68. The highest BCUT2D eigenvalue weighted by atomic mass is 16.3. The second kappa shape index (κ2) is 3.25. The number of hydrogen-bond donors (Lipinski definition) is 1. The van der Waals surface area contributed by atoms with Crippen molar-refractivity contribution in [1.82, 2.24) is 4.98 Å². The lowest BCUT2D eigenvalue weighted by Crippen LogP contribution is -1.94. The van der Waals surface area contributed by atoms with Gasteiger partial charge in [0.1, 0.15) is 0 Å². The molecule has 0 saturated carbocycles. The van der Waals surface area contributed by atoms with Crippen LogP contribution in [0.3, 0.4) is 0 Å². The van der Waals surface area contributed by atoms with Crippen molar-refractivity contribution in [2.45, 2.75) is 19.8 Å². The van der Waals surface area contributed by atoms with Crippen LogP contribution in [0.25, 0.3) is 5.57 Å². The van der Waals surface area contributed by atoms with E-state index >= 15 is 0 Å². The zero-order chi connectivity index (χ0) is 10.1. The predicted octanol–water partition coefficient (Wildman–Crippen LogP) is 2.02. The lowest BCUT2D eigenvalue weighted by Gasteiger charge is -2.02. The lowest BCUT2D eigenvalue weighted by atomic mass is 10.1. The largest absolute Gasteiger partial charge is 0.504 e. The number of ketones is 1. The molecule has 0 fully saturated rings. The third-order valence-electron chi connectivity index (χ3n) is 2.40. The molecule has 0 atom stereocenters. The van der Waals surface area contributed by atoms with Crippen molar-refractivity contribution >= 4 is 11.4 Å². The molecule has 0 aliphatic heterocycles. The summed E-state index contributed by atoms with van der Waals surface area (Å²) in [5.74, 6) is -0.231. The molecule has 0 spiro atoms. The number of nitrogens with zero attached hydrogens (tertiary/aromatic N) is 1. The van der Waals surface area contributed by atoms with Crippen LogP contribution in [0.1, 0.15) is 24.1 Å². The number of aliphatic hydroxyl groups is 1. The lowest BCUT2D eigenvalue weighted by molar-refractivity contribution is -0.117. The highest BCUT2D eigenvalue weighted by molar-refractivity contribution is 6.04. The van der Waals surface area contributed by atoms with Crippen LogP contribution < -0.4 is 0 Å². The number of allylic oxidation sites excluding steroid dienone is 2. The highest BCUT2D eigenvalue weighted by Gasteiger charge is 2.23. The monoisotopic (exact) mass is 189 g/mol. The SMILES string of the molecule is Cc1cc(C2=C(O)C(=O)CC2)ccn1. The molecule has 0 radical (unpaired) electrons. The number of aryl methyl sites for hydroxylation is 1. The number of pyridine rings is 1. The first-order valence-electron chi connectivity index (χ1n) is 4.57. The van der Waals surface area contributed by atoms with Gasteiger partial charge in [0.2, 0.25) is 0 Å². The van der Waals surface area contributed by atoms with Crippen LogP contribution in [-0.2, 0) is 4.79 Å². The maximum Gasteiger partial charge on any atom is 0.197 e. The molecule has 3 heteroatoms. The van der Waals surface area contributed by atoms with Crippen LogP contribution in [0.5, 0.6) is 0 Å². The number of Topliss-reactive ketones (excluding diaryl/α,β-unsaturated/α-hetero) is 1. The maximum atomic E-state index is 11.1. The summed E-state index contributed by atoms with van der Waals surface area (Å²) in [6, 6.07) is 3.70. The third kappa shape index (κ3) is 1.41. The van der Waals surface area contributed by atoms with Gasteiger partial charge in [0, 0.05) is 23.9 Å². The second-order valence-electron chi connectivity index (χ2n) is 3.44. The Morgan fingerprint density at radius 2 is 2.21 bits per heavy atom. The molecule has 1 aliphatic rings. The van der Waals surface area contributed by atoms with Crippen LogP contribution in [0, 0.1) is 6.92 Å². The fourth-order valence-electron chi connectivity index (χ4n) is 1.66. The Balaban J connectivity index is 2.46. The van der Waals surface area contributed by atoms with E-state index in [2.05, 4.69) is 4.98 Å². The topological polar surface area (TPSA) is 50.2 Å². The van der Waals surface area contributed by atoms with Gasteiger partial charge in [-0.1, -0.05) is 0 Å². The number of carbonyl (C=O) groups excluding carboxylic acids is 1. The summed E-state index contributed by atoms with van der Waals surface area (Å²) in [4.78, 5) is 15.2. The summed E-state index contributed by atoms with van der Waals surface area (Å²) in [6.07, 6.45) is 2.74. The van der Waals surface area contributed by atoms with Crippen LogP contribution in [-0.4, -0.2) is 15.9 Å². The van der Waals surface area contributed by atoms with Gasteiger partial charge in [0.05, 0.1) is 0 Å². The Bertz CT molecular complexity index is 421. The summed E-state index contributed by atoms with van der Waals surface area (Å²) in [5.41, 5.74) is 2.54. The number of aliphatic hydroxyl groups excluding tert-OH is 1. The van der Waals surface area contributed by atoms with Gasteiger partial charge in [-0.2, -0.15) is 0 Å². The molecule has 1 N–H and O–H groups in total. The molecule has 1 heterocycles. The van der Waals surface area contributed by atoms with Gasteiger partial charge in [-0.05, 0) is 31.0 Å². The molecule has 14 heavy (non-hydrogen) atoms. The maximum absolute atomic E-state index is 11.1. The van der Waals surface area contributed by atoms with Crippen LogP contribution in [0.4, 0.5) is 0 Å². The fourth-order valence-corrected chi connectivity index (χ4v) is 1.66. The molecule has 1 aromatic rings. The van der Waals surface area contributed by atoms with Crippen LogP contribution in [0.2, 0.25) is 0 Å². The molecule has 1 aliphatic carbocycles. The Hall–Kier alpha value is -1.64. The molecule has 2 rings (SSSR count). The van der Waals surface area contributed by atoms with E-state index < -0.39 is 0 Å². The van der Waals surface area contributed by atoms with Crippen LogP contribution >= 0.6 is 0 Å². The minimum atomic E-state index is -0.158. The van der Waals surface area contributed by atoms with Gasteiger partial charge in [-0.25, -0.2) is 0 Å². The smallest absolute Gasteiger partial charge is 0.197 e. The van der Waals surface area contributed by atoms with E-state index in [1.54, 1.807) is 6.20 Å². The van der Waals surface area contributed by atoms with Gasteiger partial charge in [0.15, 0.2) is 11.5 Å². The summed E-state index contributed by atoms with van der Waals surface area (Å²) in [6.45, 7) is 1.89. The first kappa shape index (κ1) is 8.94. The zero-order valence-electron chi connectivity index (χ0n) is 7.95. The van der Waals surface area contributed by atoms with E-state index in [4.69, 9.17) is 0 Å². The van der Waals surface area contributed by atoms with Crippen molar-refractivity contribution in [3.63, 3.8) is 0 Å². The Labute approximate surface area is 82.1 Å². The van der Waals surface area contributed by atoms with E-state index in [1.165, 1.54) is 0 Å². The third-order valence-corrected chi connectivity index (χ3v) is 2.40. The van der Waals surface area contributed by atoms with Crippen molar-refractivity contribution in [3.05, 3.63) is 35.3 Å². The molecular formula is C11H11NO2. The predicted molar refractivity (Wildman–Crippen MR) is 52.8 cm³/mol. The van der Waals surface area contributed by atoms with Crippen molar-refractivity contribution in [3.8, 4) is 0 Å². The summed E-state index contributed by atoms with van der Waals surface area (Å²) >= 11 is 0. The molecular weight excluding hydrogens is 178 g/mol. The summed E-state index contributed by atoms with van der Waals surface area (Å²) < 4.78 is 0. The molecule has 3 nitrogen and oxygen atoms in total. The van der Waals surface area contributed by atoms with E-state index in [0.29, 0.717) is 12.8 Å². The van der Waals surface area contributed by atoms with E-state index in [1.807, 2.05) is 19.1 Å². The van der Waals surface area contributed by atoms with Gasteiger partial charge in [-0.3, -0.25) is 9.78 Å². The minimum absolute atomic E-state index is 0.0735. The molecule has 0 amide bonds. The van der Waals surface area contributed by atoms with Crippen molar-refractivity contribution < 1.29 is 9.90 Å². The Morgan fingerprint density at radius 3 is 2.79 bits per heavy atom. The van der Waals surface area contributed by atoms with E-state index in [-0.39, 0.29) is 11.5 Å². The van der Waals surface area contributed by atoms with Gasteiger partial charge >= 0.3 is 0 Å². The second-order valence-corrected chi connectivity index (χ2v) is 3.44. The average molecular weight is 189 g/mol. The number of aromatic nitrogens is 1. The number of hydrogen-bond acceptors (Lipinski definition) is 3. The summed E-state index contributed by atoms with van der Waals surface area (Å²) in [5, 5.41) is 9.51. The number of carbonyl (C=O) groups is 1. The Morgan fingerprint density at radius 1 is 1.43 bits per heavy atom. The van der Waals surface area contributed by atoms with E-state index in [0.717, 1.165) is 16.8 Å². The normalized spacial score (nSPS) is 16.5. The quantitative estimate of drug-likeness (QED) is 0.735. The fraction of sp³-hybridized carbons (Fsp3) is 0.273. The van der Waals surface area contributed by atoms with Gasteiger partial charge in [0.25, 0.3) is 0 Å². The molecule has 1 aromatic heterocycles. The minimum Gasteiger partial charge on any atom is -0.504 e. The molecule has 0 bridgehead atoms. The van der Waals surface area contributed by atoms with Crippen LogP contribution in [0.15, 0.2) is 24.1 Å². The van der Waals surface area contributed by atoms with Crippen molar-refractivity contribution in [2.75, 3.05) is 0 Å². The first-order valence-corrected chi connectivity index (χ1v) is 4.57. The molecule has 0 unspecified atom stereocenters. The standard InChI is InChI=1S/C11H11NO2/c1-7-6-8(4-5-12-7)9-2-3-10(13)11(9)14/h4-6,14H,2-3H2,1H3. The molecule has 0 saturated heterocycles. The summed E-state index contributed by atoms with van der Waals surface area (Å²) in [7, 11) is 0. The van der Waals surface area contributed by atoms with E-state index in [9.17, 15) is 9.90 Å².